The summed E-state index contributed by atoms with van der Waals surface area (Å²) in [4.78, 5) is 25.8. The molecular formula is C19H20O6. The highest BCUT2D eigenvalue weighted by atomic mass is 16.4. The molecule has 6 nitrogen and oxygen atoms in total. The van der Waals surface area contributed by atoms with E-state index in [1.807, 2.05) is 6.92 Å². The summed E-state index contributed by atoms with van der Waals surface area (Å²) in [6, 6.07) is 4.11. The van der Waals surface area contributed by atoms with Gasteiger partial charge in [0.25, 0.3) is 0 Å². The molecule has 132 valence electrons. The number of aromatic hydroxyl groups is 1. The lowest BCUT2D eigenvalue weighted by Crippen LogP contribution is -2.68. The highest BCUT2D eigenvalue weighted by Gasteiger charge is 2.68. The maximum Gasteiger partial charge on any atom is 0.202 e. The minimum atomic E-state index is -2.49. The number of fused-ring (bicyclic) bond motifs is 3. The first-order valence-electron chi connectivity index (χ1n) is 8.47. The minimum absolute atomic E-state index is 0.0580. The molecule has 0 bridgehead atoms. The maximum atomic E-state index is 13.1. The van der Waals surface area contributed by atoms with Crippen molar-refractivity contribution < 1.29 is 30.0 Å². The Morgan fingerprint density at radius 2 is 1.88 bits per heavy atom. The van der Waals surface area contributed by atoms with E-state index in [1.54, 1.807) is 0 Å². The van der Waals surface area contributed by atoms with Crippen LogP contribution in [0.4, 0.5) is 0 Å². The van der Waals surface area contributed by atoms with Crippen LogP contribution in [0.25, 0.3) is 0 Å². The van der Waals surface area contributed by atoms with Gasteiger partial charge in [0.15, 0.2) is 11.4 Å². The molecule has 1 aromatic rings. The van der Waals surface area contributed by atoms with Crippen molar-refractivity contribution in [3.05, 3.63) is 40.5 Å². The summed E-state index contributed by atoms with van der Waals surface area (Å²) in [7, 11) is 0. The Balaban J connectivity index is 2.01. The highest BCUT2D eigenvalue weighted by Crippen LogP contribution is 2.56. The van der Waals surface area contributed by atoms with Crippen molar-refractivity contribution in [3.8, 4) is 5.75 Å². The van der Waals surface area contributed by atoms with E-state index < -0.39 is 23.1 Å². The van der Waals surface area contributed by atoms with Gasteiger partial charge in [-0.25, -0.2) is 0 Å². The zero-order valence-electron chi connectivity index (χ0n) is 13.8. The number of phenols is 1. The molecule has 6 heteroatoms. The number of benzene rings is 1. The van der Waals surface area contributed by atoms with E-state index in [1.165, 1.54) is 18.2 Å². The van der Waals surface area contributed by atoms with Gasteiger partial charge in [-0.15, -0.1) is 0 Å². The van der Waals surface area contributed by atoms with Gasteiger partial charge in [0.05, 0.1) is 0 Å². The van der Waals surface area contributed by atoms with Crippen molar-refractivity contribution in [1.29, 1.82) is 0 Å². The van der Waals surface area contributed by atoms with Gasteiger partial charge in [0.1, 0.15) is 17.5 Å². The van der Waals surface area contributed by atoms with E-state index in [-0.39, 0.29) is 47.0 Å². The summed E-state index contributed by atoms with van der Waals surface area (Å²) in [5.74, 6) is -1.42. The molecule has 0 saturated heterocycles. The van der Waals surface area contributed by atoms with Crippen LogP contribution in [0, 0.1) is 5.92 Å². The second kappa shape index (κ2) is 5.00. The third-order valence-electron chi connectivity index (χ3n) is 5.94. The van der Waals surface area contributed by atoms with Crippen LogP contribution in [0.1, 0.15) is 54.6 Å². The predicted octanol–water partition coefficient (Wildman–Crippen LogP) is 1.17. The lowest BCUT2D eigenvalue weighted by Gasteiger charge is -2.53. The molecule has 4 N–H and O–H groups in total. The number of aliphatic hydroxyl groups is 3. The van der Waals surface area contributed by atoms with E-state index in [0.717, 1.165) is 0 Å². The van der Waals surface area contributed by atoms with E-state index in [9.17, 15) is 30.0 Å². The summed E-state index contributed by atoms with van der Waals surface area (Å²) in [6.07, 6.45) is -0.656. The number of rotatable bonds is 0. The minimum Gasteiger partial charge on any atom is -0.508 e. The van der Waals surface area contributed by atoms with Crippen LogP contribution in [0.3, 0.4) is 0 Å². The Morgan fingerprint density at radius 3 is 2.60 bits per heavy atom. The van der Waals surface area contributed by atoms with Crippen LogP contribution in [0.15, 0.2) is 29.3 Å². The molecule has 0 aromatic heterocycles. The number of carbonyl (C=O) groups is 2. The number of carbonyl (C=O) groups excluding carboxylic acids is 2. The van der Waals surface area contributed by atoms with Gasteiger partial charge in [-0.3, -0.25) is 9.59 Å². The first-order chi connectivity index (χ1) is 11.7. The van der Waals surface area contributed by atoms with Crippen LogP contribution in [-0.4, -0.2) is 43.2 Å². The van der Waals surface area contributed by atoms with Gasteiger partial charge in [-0.2, -0.15) is 0 Å². The zero-order valence-corrected chi connectivity index (χ0v) is 13.8. The molecule has 0 spiro atoms. The molecule has 0 radical (unpaired) electrons. The maximum absolute atomic E-state index is 13.1. The largest absolute Gasteiger partial charge is 0.508 e. The standard InChI is InChI=1S/C19H20O6/c1-9-7-10-5-6-18(24)17(23)14-11(3-2-4-12(14)20)16(22)19(18,25)15(10)13(21)8-9/h2-4,9,17,20,23-25H,5-8H2,1H3/t9-,17-,18-,19-/m0/s1. The molecule has 0 fully saturated rings. The number of Topliss-reactive ketones (excluding diaryl/α,β-unsaturated/α-hetero) is 2. The van der Waals surface area contributed by atoms with E-state index in [0.29, 0.717) is 18.4 Å². The fourth-order valence-corrected chi connectivity index (χ4v) is 4.75. The van der Waals surface area contributed by atoms with Gasteiger partial charge in [-0.1, -0.05) is 24.6 Å². The molecule has 4 rings (SSSR count). The van der Waals surface area contributed by atoms with Crippen molar-refractivity contribution in [2.45, 2.75) is 49.9 Å². The van der Waals surface area contributed by atoms with Crippen LogP contribution < -0.4 is 0 Å². The SMILES string of the molecule is C[C@@H]1CC(=O)C2=C(CC[C@]3(O)[C@@H](O)c4c(O)cccc4C(=O)[C@@]23O)C1. The van der Waals surface area contributed by atoms with Crippen molar-refractivity contribution in [3.63, 3.8) is 0 Å². The summed E-state index contributed by atoms with van der Waals surface area (Å²) < 4.78 is 0. The third kappa shape index (κ3) is 1.84. The second-order valence-corrected chi connectivity index (χ2v) is 7.52. The van der Waals surface area contributed by atoms with Gasteiger partial charge in [0.2, 0.25) is 5.78 Å². The average molecular weight is 344 g/mol. The van der Waals surface area contributed by atoms with Gasteiger partial charge >= 0.3 is 0 Å². The monoisotopic (exact) mass is 344 g/mol. The molecule has 0 heterocycles. The fourth-order valence-electron chi connectivity index (χ4n) is 4.75. The molecular weight excluding hydrogens is 324 g/mol. The highest BCUT2D eigenvalue weighted by molar-refractivity contribution is 6.16. The van der Waals surface area contributed by atoms with E-state index >= 15 is 0 Å². The van der Waals surface area contributed by atoms with Crippen molar-refractivity contribution in [2.24, 2.45) is 5.92 Å². The molecule has 25 heavy (non-hydrogen) atoms. The molecule has 3 aliphatic rings. The summed E-state index contributed by atoms with van der Waals surface area (Å²) in [5, 5.41) is 43.3. The number of phenolic OH excluding ortho intramolecular Hbond substituents is 1. The zero-order chi connectivity index (χ0) is 18.1. The van der Waals surface area contributed by atoms with Crippen LogP contribution in [-0.2, 0) is 4.79 Å². The van der Waals surface area contributed by atoms with Crippen LogP contribution in [0.5, 0.6) is 5.75 Å². The molecule has 0 unspecified atom stereocenters. The van der Waals surface area contributed by atoms with Crippen molar-refractivity contribution in [2.75, 3.05) is 0 Å². The smallest absolute Gasteiger partial charge is 0.202 e. The van der Waals surface area contributed by atoms with Crippen LogP contribution >= 0.6 is 0 Å². The molecule has 0 amide bonds. The Morgan fingerprint density at radius 1 is 1.16 bits per heavy atom. The Hall–Kier alpha value is -2.02. The first kappa shape index (κ1) is 16.4. The number of aliphatic hydroxyl groups excluding tert-OH is 1. The average Bonchev–Trinajstić information content (AvgIpc) is 2.55. The number of hydrogen-bond acceptors (Lipinski definition) is 6. The number of ketones is 2. The molecule has 4 atom stereocenters. The van der Waals surface area contributed by atoms with E-state index in [4.69, 9.17) is 0 Å². The number of allylic oxidation sites excluding steroid dienone is 1. The normalized spacial score (nSPS) is 37.4. The fraction of sp³-hybridized carbons (Fsp3) is 0.474. The quantitative estimate of drug-likeness (QED) is 0.562. The Kier molecular flexibility index (Phi) is 3.29. The number of hydrogen-bond donors (Lipinski definition) is 4. The van der Waals surface area contributed by atoms with Gasteiger partial charge in [-0.05, 0) is 31.2 Å². The topological polar surface area (TPSA) is 115 Å². The lowest BCUT2D eigenvalue weighted by molar-refractivity contribution is -0.184. The molecule has 0 saturated carbocycles. The predicted molar refractivity (Wildman–Crippen MR) is 87.0 cm³/mol. The van der Waals surface area contributed by atoms with Crippen molar-refractivity contribution >= 4 is 11.6 Å². The van der Waals surface area contributed by atoms with Crippen LogP contribution in [0.2, 0.25) is 0 Å². The summed E-state index contributed by atoms with van der Waals surface area (Å²) in [5.41, 5.74) is -4.28. The molecule has 3 aliphatic carbocycles. The van der Waals surface area contributed by atoms with Gasteiger partial charge in [0, 0.05) is 23.1 Å². The lowest BCUT2D eigenvalue weighted by atomic mass is 9.55. The van der Waals surface area contributed by atoms with E-state index in [2.05, 4.69) is 0 Å². The Labute approximate surface area is 144 Å². The molecule has 1 aromatic carbocycles. The summed E-state index contributed by atoms with van der Waals surface area (Å²) >= 11 is 0. The molecule has 0 aliphatic heterocycles. The second-order valence-electron chi connectivity index (χ2n) is 7.52. The Bertz CT molecular complexity index is 840. The first-order valence-corrected chi connectivity index (χ1v) is 8.47. The van der Waals surface area contributed by atoms with Gasteiger partial charge < -0.3 is 20.4 Å². The summed E-state index contributed by atoms with van der Waals surface area (Å²) in [6.45, 7) is 1.93. The third-order valence-corrected chi connectivity index (χ3v) is 5.94. The van der Waals surface area contributed by atoms with Crippen molar-refractivity contribution in [1.82, 2.24) is 0 Å².